The van der Waals surface area contributed by atoms with E-state index in [2.05, 4.69) is 14.8 Å². The van der Waals surface area contributed by atoms with Gasteiger partial charge in [-0.3, -0.25) is 14.6 Å². The third-order valence-corrected chi connectivity index (χ3v) is 5.67. The van der Waals surface area contributed by atoms with Gasteiger partial charge in [-0.15, -0.1) is 0 Å². The maximum Gasteiger partial charge on any atom is 0.311 e. The van der Waals surface area contributed by atoms with Gasteiger partial charge in [-0.1, -0.05) is 0 Å². The Morgan fingerprint density at radius 3 is 2.92 bits per heavy atom. The Morgan fingerprint density at radius 2 is 2.25 bits per heavy atom. The van der Waals surface area contributed by atoms with E-state index >= 15 is 0 Å². The maximum atomic E-state index is 12.1. The van der Waals surface area contributed by atoms with Crippen molar-refractivity contribution in [1.82, 2.24) is 19.4 Å². The average molecular weight is 336 g/mol. The topological polar surface area (TPSA) is 70.8 Å². The van der Waals surface area contributed by atoms with Crippen molar-refractivity contribution in [1.29, 1.82) is 0 Å². The molecule has 2 aliphatic heterocycles. The van der Waals surface area contributed by atoms with Gasteiger partial charge in [0.2, 0.25) is 0 Å². The van der Waals surface area contributed by atoms with Crippen LogP contribution in [0.1, 0.15) is 18.7 Å². The number of aryl methyl sites for hydroxylation is 1. The summed E-state index contributed by atoms with van der Waals surface area (Å²) in [7, 11) is 3.69. The second kappa shape index (κ2) is 7.21. The van der Waals surface area contributed by atoms with Gasteiger partial charge in [0.05, 0.1) is 18.6 Å². The van der Waals surface area contributed by atoms with Gasteiger partial charge in [0.25, 0.3) is 0 Å². The largest absolute Gasteiger partial charge is 0.481 e. The van der Waals surface area contributed by atoms with Crippen molar-refractivity contribution in [2.24, 2.45) is 18.4 Å². The Kier molecular flexibility index (Phi) is 5.22. The first-order chi connectivity index (χ1) is 11.5. The zero-order valence-corrected chi connectivity index (χ0v) is 14.6. The van der Waals surface area contributed by atoms with Gasteiger partial charge in [0.1, 0.15) is 5.82 Å². The van der Waals surface area contributed by atoms with Crippen LogP contribution in [0.5, 0.6) is 0 Å². The van der Waals surface area contributed by atoms with Crippen LogP contribution in [0.3, 0.4) is 0 Å². The molecule has 1 aromatic heterocycles. The lowest BCUT2D eigenvalue weighted by Crippen LogP contribution is -2.41. The van der Waals surface area contributed by atoms with E-state index in [0.717, 1.165) is 51.4 Å². The molecular formula is C17H28N4O3. The number of nitrogens with zero attached hydrogens (tertiary/aromatic N) is 4. The number of aliphatic carboxylic acids is 1. The van der Waals surface area contributed by atoms with Gasteiger partial charge in [-0.05, 0) is 19.4 Å². The highest BCUT2D eigenvalue weighted by molar-refractivity contribution is 5.76. The Bertz CT molecular complexity index is 576. The van der Waals surface area contributed by atoms with Gasteiger partial charge in [-0.2, -0.15) is 0 Å². The van der Waals surface area contributed by atoms with Crippen LogP contribution in [0.25, 0.3) is 0 Å². The third-order valence-electron chi connectivity index (χ3n) is 5.67. The van der Waals surface area contributed by atoms with Crippen LogP contribution in [0.15, 0.2) is 12.4 Å². The number of carbonyl (C=O) groups is 1. The number of fused-ring (bicyclic) bond motifs is 1. The molecule has 3 rings (SSSR count). The van der Waals surface area contributed by atoms with Crippen molar-refractivity contribution in [3.8, 4) is 0 Å². The van der Waals surface area contributed by atoms with E-state index in [4.69, 9.17) is 4.74 Å². The molecule has 0 spiro atoms. The average Bonchev–Trinajstić information content (AvgIpc) is 3.05. The van der Waals surface area contributed by atoms with Crippen LogP contribution >= 0.6 is 0 Å². The fourth-order valence-corrected chi connectivity index (χ4v) is 4.25. The van der Waals surface area contributed by atoms with E-state index in [1.165, 1.54) is 0 Å². The summed E-state index contributed by atoms with van der Waals surface area (Å²) in [4.78, 5) is 21.2. The van der Waals surface area contributed by atoms with E-state index in [-0.39, 0.29) is 5.92 Å². The highest BCUT2D eigenvalue weighted by atomic mass is 16.5. The van der Waals surface area contributed by atoms with Crippen LogP contribution in [-0.2, 0) is 23.1 Å². The molecule has 0 radical (unpaired) electrons. The molecule has 134 valence electrons. The molecule has 0 aromatic carbocycles. The fraction of sp³-hybridized carbons (Fsp3) is 0.765. The Hall–Kier alpha value is -1.44. The first-order valence-electron chi connectivity index (χ1n) is 8.68. The molecular weight excluding hydrogens is 308 g/mol. The number of hydrogen-bond acceptors (Lipinski definition) is 5. The highest BCUT2D eigenvalue weighted by Gasteiger charge is 2.53. The summed E-state index contributed by atoms with van der Waals surface area (Å²) < 4.78 is 7.21. The summed E-state index contributed by atoms with van der Waals surface area (Å²) in [6.45, 7) is 5.49. The molecule has 24 heavy (non-hydrogen) atoms. The Balaban J connectivity index is 1.73. The zero-order chi connectivity index (χ0) is 17.2. The first kappa shape index (κ1) is 17.4. The SMILES string of the molecule is COCCN1C[C@@H]2CN(Cc3nccn3C)CCC[C@]2(C(=O)O)C1. The van der Waals surface area contributed by atoms with Crippen molar-refractivity contribution in [2.75, 3.05) is 46.4 Å². The second-order valence-corrected chi connectivity index (χ2v) is 7.18. The molecule has 0 aliphatic carbocycles. The molecule has 2 aliphatic rings. The minimum atomic E-state index is -0.633. The molecule has 0 unspecified atom stereocenters. The van der Waals surface area contributed by atoms with E-state index < -0.39 is 11.4 Å². The van der Waals surface area contributed by atoms with Crippen molar-refractivity contribution < 1.29 is 14.6 Å². The molecule has 0 bridgehead atoms. The molecule has 1 aromatic rings. The summed E-state index contributed by atoms with van der Waals surface area (Å²) in [5.74, 6) is 0.563. The standard InChI is InChI=1S/C17H28N4O3/c1-19-7-5-18-15(19)12-20-6-3-4-17(16(22)23)13-21(8-9-24-2)11-14(17)10-20/h5,7,14H,3-4,6,8-13H2,1-2H3,(H,22,23)/t14-,17-/m0/s1. The smallest absolute Gasteiger partial charge is 0.311 e. The quantitative estimate of drug-likeness (QED) is 0.823. The van der Waals surface area contributed by atoms with Crippen molar-refractivity contribution in [3.05, 3.63) is 18.2 Å². The van der Waals surface area contributed by atoms with Crippen LogP contribution < -0.4 is 0 Å². The number of rotatable bonds is 6. The lowest BCUT2D eigenvalue weighted by Gasteiger charge is -2.29. The van der Waals surface area contributed by atoms with Crippen LogP contribution in [-0.4, -0.2) is 76.9 Å². The first-order valence-corrected chi connectivity index (χ1v) is 8.68. The lowest BCUT2D eigenvalue weighted by atomic mass is 9.75. The van der Waals surface area contributed by atoms with E-state index in [0.29, 0.717) is 13.2 Å². The van der Waals surface area contributed by atoms with Crippen LogP contribution in [0, 0.1) is 11.3 Å². The number of carboxylic acid groups (broad SMARTS) is 1. The fourth-order valence-electron chi connectivity index (χ4n) is 4.25. The zero-order valence-electron chi connectivity index (χ0n) is 14.6. The third kappa shape index (κ3) is 3.34. The predicted octanol–water partition coefficient (Wildman–Crippen LogP) is 0.665. The monoisotopic (exact) mass is 336 g/mol. The summed E-state index contributed by atoms with van der Waals surface area (Å²) in [5, 5.41) is 9.96. The summed E-state index contributed by atoms with van der Waals surface area (Å²) in [6.07, 6.45) is 5.45. The minimum Gasteiger partial charge on any atom is -0.481 e. The van der Waals surface area contributed by atoms with Gasteiger partial charge in [0.15, 0.2) is 0 Å². The number of imidazole rings is 1. The van der Waals surface area contributed by atoms with Crippen molar-refractivity contribution in [3.63, 3.8) is 0 Å². The Labute approximate surface area is 143 Å². The van der Waals surface area contributed by atoms with Crippen molar-refractivity contribution >= 4 is 5.97 Å². The number of hydrogen-bond donors (Lipinski definition) is 1. The summed E-state index contributed by atoms with van der Waals surface area (Å²) in [6, 6.07) is 0. The molecule has 0 saturated carbocycles. The molecule has 2 saturated heterocycles. The molecule has 2 fully saturated rings. The number of methoxy groups -OCH3 is 1. The van der Waals surface area contributed by atoms with E-state index in [1.54, 1.807) is 7.11 Å². The number of likely N-dealkylation sites (tertiary alicyclic amines) is 2. The molecule has 7 nitrogen and oxygen atoms in total. The predicted molar refractivity (Wildman–Crippen MR) is 89.6 cm³/mol. The maximum absolute atomic E-state index is 12.1. The van der Waals surface area contributed by atoms with Crippen LogP contribution in [0.4, 0.5) is 0 Å². The number of aromatic nitrogens is 2. The molecule has 1 N–H and O–H groups in total. The highest BCUT2D eigenvalue weighted by Crippen LogP contribution is 2.43. The van der Waals surface area contributed by atoms with Gasteiger partial charge >= 0.3 is 5.97 Å². The van der Waals surface area contributed by atoms with E-state index in [1.807, 2.05) is 24.0 Å². The van der Waals surface area contributed by atoms with Crippen molar-refractivity contribution in [2.45, 2.75) is 19.4 Å². The second-order valence-electron chi connectivity index (χ2n) is 7.18. The van der Waals surface area contributed by atoms with Gasteiger partial charge < -0.3 is 14.4 Å². The molecule has 2 atom stereocenters. The van der Waals surface area contributed by atoms with Crippen LogP contribution in [0.2, 0.25) is 0 Å². The molecule has 0 amide bonds. The number of carboxylic acids is 1. The van der Waals surface area contributed by atoms with Gasteiger partial charge in [-0.25, -0.2) is 4.98 Å². The summed E-state index contributed by atoms with van der Waals surface area (Å²) >= 11 is 0. The summed E-state index contributed by atoms with van der Waals surface area (Å²) in [5.41, 5.74) is -0.607. The lowest BCUT2D eigenvalue weighted by molar-refractivity contribution is -0.151. The normalized spacial score (nSPS) is 28.7. The van der Waals surface area contributed by atoms with E-state index in [9.17, 15) is 9.90 Å². The Morgan fingerprint density at radius 1 is 1.46 bits per heavy atom. The van der Waals surface area contributed by atoms with Gasteiger partial charge in [0, 0.05) is 58.6 Å². The molecule has 7 heteroatoms. The minimum absolute atomic E-state index is 0.162. The molecule has 3 heterocycles. The number of ether oxygens (including phenoxy) is 1.